The minimum Gasteiger partial charge on any atom is -0.329 e. The van der Waals surface area contributed by atoms with Crippen LogP contribution in [0.4, 0.5) is 0 Å². The molecule has 1 aromatic heterocycles. The highest BCUT2D eigenvalue weighted by molar-refractivity contribution is 5.79. The van der Waals surface area contributed by atoms with Crippen molar-refractivity contribution in [2.45, 2.75) is 19.8 Å². The van der Waals surface area contributed by atoms with Crippen LogP contribution in [-0.2, 0) is 11.2 Å². The molecule has 0 aliphatic rings. The number of aromatic nitrogens is 4. The number of nitriles is 1. The molecule has 0 fully saturated rings. The van der Waals surface area contributed by atoms with Gasteiger partial charge in [0, 0.05) is 6.54 Å². The first kappa shape index (κ1) is 14.7. The maximum absolute atomic E-state index is 12.1. The summed E-state index contributed by atoms with van der Waals surface area (Å²) in [5, 5.41) is 19.7. The average molecular weight is 284 g/mol. The number of carbonyl (C=O) groups is 1. The minimum absolute atomic E-state index is 0.0337. The standard InChI is InChI=1S/C14H16N6O/c1-2-8-19(9-7-15)14(21)10-12-3-5-13(6-4-12)20-11-16-17-18-20/h3-6,11H,2,8-10H2,1H3. The van der Waals surface area contributed by atoms with Crippen molar-refractivity contribution in [2.24, 2.45) is 0 Å². The highest BCUT2D eigenvalue weighted by Gasteiger charge is 2.12. The Hall–Kier alpha value is -2.75. The van der Waals surface area contributed by atoms with Crippen LogP contribution in [-0.4, -0.2) is 44.1 Å². The minimum atomic E-state index is -0.0337. The number of tetrazole rings is 1. The zero-order valence-electron chi connectivity index (χ0n) is 11.8. The first-order chi connectivity index (χ1) is 10.2. The fourth-order valence-corrected chi connectivity index (χ4v) is 1.98. The van der Waals surface area contributed by atoms with Gasteiger partial charge in [-0.3, -0.25) is 4.79 Å². The van der Waals surface area contributed by atoms with Crippen LogP contribution in [0.15, 0.2) is 30.6 Å². The van der Waals surface area contributed by atoms with E-state index in [1.165, 1.54) is 6.33 Å². The van der Waals surface area contributed by atoms with Crippen LogP contribution in [0.3, 0.4) is 0 Å². The van der Waals surface area contributed by atoms with Gasteiger partial charge in [0.2, 0.25) is 5.91 Å². The zero-order valence-corrected chi connectivity index (χ0v) is 11.8. The van der Waals surface area contributed by atoms with Crippen LogP contribution in [0.1, 0.15) is 18.9 Å². The molecular formula is C14H16N6O. The van der Waals surface area contributed by atoms with Gasteiger partial charge in [0.1, 0.15) is 12.9 Å². The van der Waals surface area contributed by atoms with Crippen molar-refractivity contribution in [2.75, 3.05) is 13.1 Å². The Balaban J connectivity index is 2.02. The summed E-state index contributed by atoms with van der Waals surface area (Å²) in [6, 6.07) is 9.47. The Kier molecular flexibility index (Phi) is 4.99. The summed E-state index contributed by atoms with van der Waals surface area (Å²) in [6.07, 6.45) is 2.64. The average Bonchev–Trinajstić information content (AvgIpc) is 3.02. The molecule has 0 saturated carbocycles. The molecule has 1 aromatic carbocycles. The smallest absolute Gasteiger partial charge is 0.227 e. The molecule has 0 N–H and O–H groups in total. The lowest BCUT2D eigenvalue weighted by Gasteiger charge is -2.18. The number of hydrogen-bond donors (Lipinski definition) is 0. The van der Waals surface area contributed by atoms with Crippen molar-refractivity contribution in [3.8, 4) is 11.8 Å². The van der Waals surface area contributed by atoms with Gasteiger partial charge in [-0.15, -0.1) is 5.10 Å². The normalized spacial score (nSPS) is 10.1. The topological polar surface area (TPSA) is 87.7 Å². The first-order valence-electron chi connectivity index (χ1n) is 6.71. The van der Waals surface area contributed by atoms with E-state index in [0.717, 1.165) is 17.7 Å². The number of carbonyl (C=O) groups excluding carboxylic acids is 1. The van der Waals surface area contributed by atoms with Crippen molar-refractivity contribution in [3.63, 3.8) is 0 Å². The largest absolute Gasteiger partial charge is 0.329 e. The molecular weight excluding hydrogens is 268 g/mol. The van der Waals surface area contributed by atoms with Gasteiger partial charge in [0.05, 0.1) is 18.2 Å². The van der Waals surface area contributed by atoms with Gasteiger partial charge in [-0.1, -0.05) is 19.1 Å². The quantitative estimate of drug-likeness (QED) is 0.737. The second kappa shape index (κ2) is 7.14. The zero-order chi connectivity index (χ0) is 15.1. The van der Waals surface area contributed by atoms with E-state index >= 15 is 0 Å². The summed E-state index contributed by atoms with van der Waals surface area (Å²) in [5.41, 5.74) is 1.73. The maximum Gasteiger partial charge on any atom is 0.227 e. The lowest BCUT2D eigenvalue weighted by molar-refractivity contribution is -0.129. The van der Waals surface area contributed by atoms with Gasteiger partial charge in [0.15, 0.2) is 0 Å². The van der Waals surface area contributed by atoms with Gasteiger partial charge < -0.3 is 4.90 Å². The monoisotopic (exact) mass is 284 g/mol. The van der Waals surface area contributed by atoms with Crippen molar-refractivity contribution in [1.82, 2.24) is 25.1 Å². The summed E-state index contributed by atoms with van der Waals surface area (Å²) in [6.45, 7) is 2.73. The summed E-state index contributed by atoms with van der Waals surface area (Å²) in [4.78, 5) is 13.7. The number of amides is 1. The van der Waals surface area contributed by atoms with E-state index in [2.05, 4.69) is 15.5 Å². The summed E-state index contributed by atoms with van der Waals surface area (Å²) < 4.78 is 1.55. The van der Waals surface area contributed by atoms with Gasteiger partial charge >= 0.3 is 0 Å². The fourth-order valence-electron chi connectivity index (χ4n) is 1.98. The Bertz CT molecular complexity index is 614. The molecule has 0 bridgehead atoms. The molecule has 7 nitrogen and oxygen atoms in total. The van der Waals surface area contributed by atoms with E-state index in [1.54, 1.807) is 9.58 Å². The molecule has 1 heterocycles. The molecule has 0 saturated heterocycles. The summed E-state index contributed by atoms with van der Waals surface area (Å²) >= 11 is 0. The third-order valence-corrected chi connectivity index (χ3v) is 3.01. The van der Waals surface area contributed by atoms with Gasteiger partial charge in [-0.2, -0.15) is 5.26 Å². The SMILES string of the molecule is CCCN(CC#N)C(=O)Cc1ccc(-n2cnnn2)cc1. The third-order valence-electron chi connectivity index (χ3n) is 3.01. The number of nitrogens with zero attached hydrogens (tertiary/aromatic N) is 6. The van der Waals surface area contributed by atoms with E-state index in [-0.39, 0.29) is 18.9 Å². The highest BCUT2D eigenvalue weighted by atomic mass is 16.2. The molecule has 0 aliphatic heterocycles. The van der Waals surface area contributed by atoms with Crippen molar-refractivity contribution >= 4 is 5.91 Å². The summed E-state index contributed by atoms with van der Waals surface area (Å²) in [5.74, 6) is -0.0337. The van der Waals surface area contributed by atoms with Gasteiger partial charge in [0.25, 0.3) is 0 Å². The highest BCUT2D eigenvalue weighted by Crippen LogP contribution is 2.09. The Morgan fingerprint density at radius 3 is 2.71 bits per heavy atom. The molecule has 7 heteroatoms. The van der Waals surface area contributed by atoms with Crippen LogP contribution < -0.4 is 0 Å². The molecule has 1 amide bonds. The van der Waals surface area contributed by atoms with Crippen molar-refractivity contribution < 1.29 is 4.79 Å². The Morgan fingerprint density at radius 1 is 1.38 bits per heavy atom. The third kappa shape index (κ3) is 3.86. The molecule has 108 valence electrons. The van der Waals surface area contributed by atoms with Gasteiger partial charge in [-0.25, -0.2) is 4.68 Å². The number of rotatable bonds is 6. The second-order valence-corrected chi connectivity index (χ2v) is 4.57. The number of benzene rings is 1. The van der Waals surface area contributed by atoms with E-state index < -0.39 is 0 Å². The fraction of sp³-hybridized carbons (Fsp3) is 0.357. The second-order valence-electron chi connectivity index (χ2n) is 4.57. The van der Waals surface area contributed by atoms with Crippen molar-refractivity contribution in [3.05, 3.63) is 36.2 Å². The van der Waals surface area contributed by atoms with E-state index in [0.29, 0.717) is 6.54 Å². The van der Waals surface area contributed by atoms with Gasteiger partial charge in [-0.05, 0) is 34.5 Å². The summed E-state index contributed by atoms with van der Waals surface area (Å²) in [7, 11) is 0. The number of hydrogen-bond acceptors (Lipinski definition) is 5. The first-order valence-corrected chi connectivity index (χ1v) is 6.71. The van der Waals surface area contributed by atoms with Crippen LogP contribution in [0.5, 0.6) is 0 Å². The lowest BCUT2D eigenvalue weighted by atomic mass is 10.1. The van der Waals surface area contributed by atoms with Crippen LogP contribution in [0.25, 0.3) is 5.69 Å². The maximum atomic E-state index is 12.1. The predicted molar refractivity (Wildman–Crippen MR) is 75.3 cm³/mol. The van der Waals surface area contributed by atoms with E-state index in [9.17, 15) is 4.79 Å². The lowest BCUT2D eigenvalue weighted by Crippen LogP contribution is -2.33. The van der Waals surface area contributed by atoms with Crippen LogP contribution >= 0.6 is 0 Å². The molecule has 0 aliphatic carbocycles. The Labute approximate surface area is 122 Å². The molecule has 2 rings (SSSR count). The van der Waals surface area contributed by atoms with Crippen LogP contribution in [0, 0.1) is 11.3 Å². The Morgan fingerprint density at radius 2 is 2.14 bits per heavy atom. The van der Waals surface area contributed by atoms with Crippen molar-refractivity contribution in [1.29, 1.82) is 5.26 Å². The molecule has 0 unspecified atom stereocenters. The molecule has 2 aromatic rings. The van der Waals surface area contributed by atoms with E-state index in [1.807, 2.05) is 37.3 Å². The van der Waals surface area contributed by atoms with Crippen LogP contribution in [0.2, 0.25) is 0 Å². The molecule has 21 heavy (non-hydrogen) atoms. The predicted octanol–water partition coefficient (Wildman–Crippen LogP) is 0.967. The molecule has 0 atom stereocenters. The molecule has 0 radical (unpaired) electrons. The van der Waals surface area contributed by atoms with E-state index in [4.69, 9.17) is 5.26 Å². The molecule has 0 spiro atoms.